The first-order valence-electron chi connectivity index (χ1n) is 4.40. The zero-order chi connectivity index (χ0) is 11.7. The largest absolute Gasteiger partial charge is 0.0836 e. The highest BCUT2D eigenvalue weighted by Gasteiger charge is 2.14. The van der Waals surface area contributed by atoms with Crippen molar-refractivity contribution in [3.8, 4) is 11.1 Å². The van der Waals surface area contributed by atoms with Gasteiger partial charge in [0.1, 0.15) is 0 Å². The molecular formula is C12H5Cl4. The fraction of sp³-hybridized carbons (Fsp3) is 0. The van der Waals surface area contributed by atoms with Crippen molar-refractivity contribution < 1.29 is 0 Å². The van der Waals surface area contributed by atoms with Gasteiger partial charge >= 0.3 is 0 Å². The molecule has 0 aliphatic heterocycles. The number of halogens is 4. The van der Waals surface area contributed by atoms with Crippen LogP contribution in [0.1, 0.15) is 0 Å². The van der Waals surface area contributed by atoms with Crippen molar-refractivity contribution in [2.75, 3.05) is 0 Å². The molecule has 81 valence electrons. The molecule has 0 aliphatic rings. The average Bonchev–Trinajstić information content (AvgIpc) is 2.21. The Bertz CT molecular complexity index is 445. The Morgan fingerprint density at radius 2 is 1.12 bits per heavy atom. The van der Waals surface area contributed by atoms with Crippen LogP contribution in [-0.2, 0) is 0 Å². The molecule has 0 amide bonds. The van der Waals surface area contributed by atoms with Crippen LogP contribution >= 0.6 is 46.4 Å². The van der Waals surface area contributed by atoms with Gasteiger partial charge in [0.25, 0.3) is 0 Å². The summed E-state index contributed by atoms with van der Waals surface area (Å²) in [5.41, 5.74) is 1.28. The Hall–Kier alpha value is -0.400. The van der Waals surface area contributed by atoms with Crippen LogP contribution in [0.15, 0.2) is 30.3 Å². The van der Waals surface area contributed by atoms with Gasteiger partial charge in [-0.15, -0.1) is 0 Å². The Labute approximate surface area is 114 Å². The number of hydrogen-bond acceptors (Lipinski definition) is 0. The van der Waals surface area contributed by atoms with E-state index < -0.39 is 0 Å². The highest BCUT2D eigenvalue weighted by atomic mass is 35.5. The van der Waals surface area contributed by atoms with Crippen molar-refractivity contribution in [3.63, 3.8) is 0 Å². The molecule has 2 aromatic rings. The third kappa shape index (κ3) is 2.16. The van der Waals surface area contributed by atoms with Gasteiger partial charge in [0.2, 0.25) is 0 Å². The summed E-state index contributed by atoms with van der Waals surface area (Å²) in [6.07, 6.45) is 0. The fourth-order valence-corrected chi connectivity index (χ4v) is 2.58. The van der Waals surface area contributed by atoms with Gasteiger partial charge < -0.3 is 0 Å². The Kier molecular flexibility index (Phi) is 3.66. The van der Waals surface area contributed by atoms with Crippen LogP contribution in [0.5, 0.6) is 0 Å². The van der Waals surface area contributed by atoms with Gasteiger partial charge in [0, 0.05) is 21.2 Å². The minimum atomic E-state index is 0.475. The quantitative estimate of drug-likeness (QED) is 0.626. The highest BCUT2D eigenvalue weighted by molar-refractivity contribution is 6.44. The van der Waals surface area contributed by atoms with E-state index in [0.29, 0.717) is 31.2 Å². The number of rotatable bonds is 1. The Morgan fingerprint density at radius 3 is 1.62 bits per heavy atom. The molecule has 2 rings (SSSR count). The molecule has 2 aromatic carbocycles. The third-order valence-corrected chi connectivity index (χ3v) is 3.34. The predicted molar refractivity (Wildman–Crippen MR) is 70.8 cm³/mol. The molecule has 0 aliphatic carbocycles. The van der Waals surface area contributed by atoms with Gasteiger partial charge in [-0.2, -0.15) is 0 Å². The summed E-state index contributed by atoms with van der Waals surface area (Å²) in [7, 11) is 0. The molecule has 0 bridgehead atoms. The van der Waals surface area contributed by atoms with Gasteiger partial charge in [0.15, 0.2) is 0 Å². The summed E-state index contributed by atoms with van der Waals surface area (Å²) in [5, 5.41) is 1.98. The van der Waals surface area contributed by atoms with Gasteiger partial charge in [-0.25, -0.2) is 0 Å². The van der Waals surface area contributed by atoms with Crippen LogP contribution in [0, 0.1) is 6.07 Å². The van der Waals surface area contributed by atoms with Crippen LogP contribution in [-0.4, -0.2) is 0 Å². The molecule has 0 atom stereocenters. The van der Waals surface area contributed by atoms with E-state index in [-0.39, 0.29) is 0 Å². The number of benzene rings is 2. The van der Waals surface area contributed by atoms with Crippen molar-refractivity contribution in [1.29, 1.82) is 0 Å². The minimum absolute atomic E-state index is 0.475. The monoisotopic (exact) mass is 289 g/mol. The molecule has 0 aromatic heterocycles. The van der Waals surface area contributed by atoms with Crippen molar-refractivity contribution in [2.24, 2.45) is 0 Å². The summed E-state index contributed by atoms with van der Waals surface area (Å²) in [6, 6.07) is 11.3. The van der Waals surface area contributed by atoms with E-state index in [4.69, 9.17) is 46.4 Å². The lowest BCUT2D eigenvalue weighted by atomic mass is 10.1. The maximum atomic E-state index is 6.10. The van der Waals surface area contributed by atoms with E-state index in [1.807, 2.05) is 0 Å². The van der Waals surface area contributed by atoms with E-state index in [0.717, 1.165) is 0 Å². The Morgan fingerprint density at radius 1 is 0.688 bits per heavy atom. The first-order chi connectivity index (χ1) is 7.61. The highest BCUT2D eigenvalue weighted by Crippen LogP contribution is 2.41. The third-order valence-electron chi connectivity index (χ3n) is 2.11. The average molecular weight is 291 g/mol. The molecule has 1 radical (unpaired) electrons. The lowest BCUT2D eigenvalue weighted by molar-refractivity contribution is 1.61. The van der Waals surface area contributed by atoms with Gasteiger partial charge in [-0.3, -0.25) is 0 Å². The first kappa shape index (κ1) is 12.1. The molecule has 0 saturated carbocycles. The van der Waals surface area contributed by atoms with E-state index >= 15 is 0 Å². The minimum Gasteiger partial charge on any atom is -0.0836 e. The molecular weight excluding hydrogens is 286 g/mol. The van der Waals surface area contributed by atoms with E-state index in [1.165, 1.54) is 0 Å². The predicted octanol–water partition coefficient (Wildman–Crippen LogP) is 5.77. The van der Waals surface area contributed by atoms with Crippen LogP contribution < -0.4 is 0 Å². The van der Waals surface area contributed by atoms with E-state index in [9.17, 15) is 0 Å². The van der Waals surface area contributed by atoms with Gasteiger partial charge in [-0.1, -0.05) is 52.5 Å². The molecule has 0 heterocycles. The molecule has 4 heteroatoms. The zero-order valence-electron chi connectivity index (χ0n) is 7.90. The van der Waals surface area contributed by atoms with Crippen molar-refractivity contribution in [2.45, 2.75) is 0 Å². The molecule has 0 spiro atoms. The van der Waals surface area contributed by atoms with Crippen molar-refractivity contribution in [3.05, 3.63) is 56.5 Å². The second kappa shape index (κ2) is 4.85. The summed E-state index contributed by atoms with van der Waals surface area (Å²) in [5.74, 6) is 0. The fourth-order valence-electron chi connectivity index (χ4n) is 1.42. The maximum Gasteiger partial charge on any atom is 0.0506 e. The zero-order valence-corrected chi connectivity index (χ0v) is 10.9. The first-order valence-corrected chi connectivity index (χ1v) is 5.92. The van der Waals surface area contributed by atoms with E-state index in [1.54, 1.807) is 30.3 Å². The van der Waals surface area contributed by atoms with Gasteiger partial charge in [-0.05, 0) is 30.3 Å². The molecule has 0 N–H and O–H groups in total. The number of hydrogen-bond donors (Lipinski definition) is 0. The summed E-state index contributed by atoms with van der Waals surface area (Å²) in [4.78, 5) is 0. The normalized spacial score (nSPS) is 10.5. The second-order valence-electron chi connectivity index (χ2n) is 3.12. The Balaban J connectivity index is 2.77. The lowest BCUT2D eigenvalue weighted by Crippen LogP contribution is -1.84. The van der Waals surface area contributed by atoms with Crippen molar-refractivity contribution >= 4 is 46.4 Å². The molecule has 0 nitrogen and oxygen atoms in total. The SMILES string of the molecule is Clc1c[c]cc(Cl)c1-c1c(Cl)cccc1Cl. The molecule has 0 fully saturated rings. The smallest absolute Gasteiger partial charge is 0.0506 e. The topological polar surface area (TPSA) is 0 Å². The standard InChI is InChI=1S/C12H5Cl4/c13-7-3-1-4-8(14)11(7)12-9(15)5-2-6-10(12)16/h1,3-6H. The molecule has 0 saturated heterocycles. The van der Waals surface area contributed by atoms with Crippen LogP contribution in [0.2, 0.25) is 20.1 Å². The van der Waals surface area contributed by atoms with Crippen molar-refractivity contribution in [1.82, 2.24) is 0 Å². The summed E-state index contributed by atoms with van der Waals surface area (Å²) in [6.45, 7) is 0. The second-order valence-corrected chi connectivity index (χ2v) is 4.75. The summed E-state index contributed by atoms with van der Waals surface area (Å²) < 4.78 is 0. The van der Waals surface area contributed by atoms with Crippen LogP contribution in [0.25, 0.3) is 11.1 Å². The van der Waals surface area contributed by atoms with Crippen LogP contribution in [0.4, 0.5) is 0 Å². The summed E-state index contributed by atoms with van der Waals surface area (Å²) >= 11 is 24.3. The lowest BCUT2D eigenvalue weighted by Gasteiger charge is -2.10. The maximum absolute atomic E-state index is 6.10. The molecule has 0 unspecified atom stereocenters. The van der Waals surface area contributed by atoms with Gasteiger partial charge in [0.05, 0.1) is 10.0 Å². The van der Waals surface area contributed by atoms with E-state index in [2.05, 4.69) is 6.07 Å². The molecule has 16 heavy (non-hydrogen) atoms. The van der Waals surface area contributed by atoms with Crippen LogP contribution in [0.3, 0.4) is 0 Å².